The smallest absolute Gasteiger partial charge is 0.138 e. The van der Waals surface area contributed by atoms with Crippen LogP contribution in [0.25, 0.3) is 28.0 Å². The standard InChI is InChI=1S/C25H18N2S/c1-4-10-19(11-5-1)21-16-17-23-26-24(20-12-6-2-7-13-20)25(27(23)18-21)28-22-14-8-3-9-15-22/h1-18H. The maximum atomic E-state index is 4.96. The Morgan fingerprint density at radius 3 is 1.86 bits per heavy atom. The minimum Gasteiger partial charge on any atom is -0.293 e. The van der Waals surface area contributed by atoms with E-state index in [4.69, 9.17) is 4.98 Å². The molecule has 0 atom stereocenters. The van der Waals surface area contributed by atoms with Gasteiger partial charge in [-0.15, -0.1) is 0 Å². The van der Waals surface area contributed by atoms with Crippen LogP contribution in [0.3, 0.4) is 0 Å². The molecule has 0 amide bonds. The van der Waals surface area contributed by atoms with Gasteiger partial charge >= 0.3 is 0 Å². The Bertz CT molecular complexity index is 1210. The van der Waals surface area contributed by atoms with Crippen molar-refractivity contribution in [3.63, 3.8) is 0 Å². The molecule has 2 aromatic heterocycles. The maximum absolute atomic E-state index is 4.96. The summed E-state index contributed by atoms with van der Waals surface area (Å²) in [6.07, 6.45) is 2.19. The number of hydrogen-bond donors (Lipinski definition) is 0. The van der Waals surface area contributed by atoms with Crippen LogP contribution >= 0.6 is 11.8 Å². The van der Waals surface area contributed by atoms with Gasteiger partial charge in [-0.1, -0.05) is 90.6 Å². The van der Waals surface area contributed by atoms with E-state index in [0.717, 1.165) is 21.9 Å². The van der Waals surface area contributed by atoms with Gasteiger partial charge in [-0.25, -0.2) is 4.98 Å². The molecule has 2 heterocycles. The zero-order valence-electron chi connectivity index (χ0n) is 15.2. The molecule has 28 heavy (non-hydrogen) atoms. The van der Waals surface area contributed by atoms with Crippen LogP contribution in [0.15, 0.2) is 119 Å². The summed E-state index contributed by atoms with van der Waals surface area (Å²) in [4.78, 5) is 6.16. The number of aromatic nitrogens is 2. The zero-order valence-corrected chi connectivity index (χ0v) is 16.0. The second-order valence-corrected chi connectivity index (χ2v) is 7.62. The van der Waals surface area contributed by atoms with Crippen molar-refractivity contribution >= 4 is 17.4 Å². The van der Waals surface area contributed by atoms with Gasteiger partial charge in [0.2, 0.25) is 0 Å². The van der Waals surface area contributed by atoms with Gasteiger partial charge in [0.1, 0.15) is 16.4 Å². The van der Waals surface area contributed by atoms with Gasteiger partial charge < -0.3 is 0 Å². The number of hydrogen-bond acceptors (Lipinski definition) is 2. The molecule has 0 radical (unpaired) electrons. The Labute approximate surface area is 168 Å². The van der Waals surface area contributed by atoms with Gasteiger partial charge in [0, 0.05) is 16.7 Å². The highest BCUT2D eigenvalue weighted by Crippen LogP contribution is 2.37. The molecule has 0 aliphatic carbocycles. The van der Waals surface area contributed by atoms with Crippen LogP contribution in [0, 0.1) is 0 Å². The monoisotopic (exact) mass is 378 g/mol. The molecule has 0 bridgehead atoms. The van der Waals surface area contributed by atoms with Gasteiger partial charge in [0.05, 0.1) is 0 Å². The summed E-state index contributed by atoms with van der Waals surface area (Å²) in [6, 6.07) is 35.6. The minimum absolute atomic E-state index is 0.956. The first-order valence-electron chi connectivity index (χ1n) is 9.24. The summed E-state index contributed by atoms with van der Waals surface area (Å²) < 4.78 is 2.21. The van der Waals surface area contributed by atoms with Crippen LogP contribution in [0.4, 0.5) is 0 Å². The Hall–Kier alpha value is -3.30. The highest BCUT2D eigenvalue weighted by molar-refractivity contribution is 7.99. The van der Waals surface area contributed by atoms with Gasteiger partial charge in [-0.05, 0) is 35.4 Å². The van der Waals surface area contributed by atoms with E-state index < -0.39 is 0 Å². The van der Waals surface area contributed by atoms with E-state index in [0.29, 0.717) is 0 Å². The molecule has 2 nitrogen and oxygen atoms in total. The van der Waals surface area contributed by atoms with Gasteiger partial charge in [-0.2, -0.15) is 0 Å². The van der Waals surface area contributed by atoms with Crippen molar-refractivity contribution in [1.82, 2.24) is 9.38 Å². The summed E-state index contributed by atoms with van der Waals surface area (Å²) in [6.45, 7) is 0. The first kappa shape index (κ1) is 16.8. The van der Waals surface area contributed by atoms with E-state index in [9.17, 15) is 0 Å². The Kier molecular flexibility index (Phi) is 4.43. The van der Waals surface area contributed by atoms with Crippen molar-refractivity contribution in [2.24, 2.45) is 0 Å². The molecule has 134 valence electrons. The molecule has 3 heteroatoms. The zero-order chi connectivity index (χ0) is 18.8. The van der Waals surface area contributed by atoms with E-state index >= 15 is 0 Å². The predicted molar refractivity (Wildman–Crippen MR) is 117 cm³/mol. The summed E-state index contributed by atoms with van der Waals surface area (Å²) in [5.74, 6) is 0. The molecule has 0 aliphatic heterocycles. The fourth-order valence-corrected chi connectivity index (χ4v) is 4.33. The molecule has 0 spiro atoms. The predicted octanol–water partition coefficient (Wildman–Crippen LogP) is 6.82. The summed E-state index contributed by atoms with van der Waals surface area (Å²) in [5.41, 5.74) is 5.48. The lowest BCUT2D eigenvalue weighted by Crippen LogP contribution is -1.89. The SMILES string of the molecule is c1ccc(Sc2c(-c3ccccc3)nc3ccc(-c4ccccc4)cn23)cc1. The van der Waals surface area contributed by atoms with Crippen LogP contribution in [0.1, 0.15) is 0 Å². The number of fused-ring (bicyclic) bond motifs is 1. The molecule has 0 saturated heterocycles. The average Bonchev–Trinajstić information content (AvgIpc) is 3.13. The average molecular weight is 379 g/mol. The molecule has 3 aromatic carbocycles. The summed E-state index contributed by atoms with van der Waals surface area (Å²) in [5, 5.41) is 1.13. The lowest BCUT2D eigenvalue weighted by atomic mass is 10.1. The number of benzene rings is 3. The summed E-state index contributed by atoms with van der Waals surface area (Å²) >= 11 is 1.75. The lowest BCUT2D eigenvalue weighted by molar-refractivity contribution is 1.05. The molecule has 5 rings (SSSR count). The highest BCUT2D eigenvalue weighted by atomic mass is 32.2. The maximum Gasteiger partial charge on any atom is 0.138 e. The molecule has 0 saturated carbocycles. The van der Waals surface area contributed by atoms with Crippen molar-refractivity contribution in [2.75, 3.05) is 0 Å². The molecular formula is C25H18N2S. The Balaban J connectivity index is 1.71. The molecular weight excluding hydrogens is 360 g/mol. The van der Waals surface area contributed by atoms with Crippen molar-refractivity contribution in [2.45, 2.75) is 9.92 Å². The Morgan fingerprint density at radius 1 is 0.571 bits per heavy atom. The van der Waals surface area contributed by atoms with E-state index in [1.807, 2.05) is 18.2 Å². The molecule has 0 N–H and O–H groups in total. The van der Waals surface area contributed by atoms with Gasteiger partial charge in [0.15, 0.2) is 0 Å². The van der Waals surface area contributed by atoms with Crippen LogP contribution in [0.2, 0.25) is 0 Å². The van der Waals surface area contributed by atoms with Crippen LogP contribution in [0.5, 0.6) is 0 Å². The lowest BCUT2D eigenvalue weighted by Gasteiger charge is -2.07. The molecule has 0 unspecified atom stereocenters. The van der Waals surface area contributed by atoms with Crippen molar-refractivity contribution < 1.29 is 0 Å². The summed E-state index contributed by atoms with van der Waals surface area (Å²) in [7, 11) is 0. The number of pyridine rings is 1. The first-order chi connectivity index (χ1) is 13.9. The number of rotatable bonds is 4. The third-order valence-electron chi connectivity index (χ3n) is 4.69. The van der Waals surface area contributed by atoms with E-state index in [2.05, 4.69) is 95.5 Å². The third-order valence-corrected chi connectivity index (χ3v) is 5.78. The normalized spacial score (nSPS) is 11.0. The topological polar surface area (TPSA) is 17.3 Å². The van der Waals surface area contributed by atoms with Crippen LogP contribution < -0.4 is 0 Å². The minimum atomic E-state index is 0.956. The van der Waals surface area contributed by atoms with Crippen molar-refractivity contribution in [3.05, 3.63) is 109 Å². The Morgan fingerprint density at radius 2 is 1.18 bits per heavy atom. The van der Waals surface area contributed by atoms with Crippen molar-refractivity contribution in [3.8, 4) is 22.4 Å². The van der Waals surface area contributed by atoms with Gasteiger partial charge in [-0.3, -0.25) is 4.40 Å². The fraction of sp³-hybridized carbons (Fsp3) is 0. The molecule has 0 fully saturated rings. The first-order valence-corrected chi connectivity index (χ1v) is 10.1. The highest BCUT2D eigenvalue weighted by Gasteiger charge is 2.16. The van der Waals surface area contributed by atoms with Crippen molar-refractivity contribution in [1.29, 1.82) is 0 Å². The second kappa shape index (κ2) is 7.37. The van der Waals surface area contributed by atoms with Gasteiger partial charge in [0.25, 0.3) is 0 Å². The fourth-order valence-electron chi connectivity index (χ4n) is 3.31. The van der Waals surface area contributed by atoms with E-state index in [-0.39, 0.29) is 0 Å². The molecule has 5 aromatic rings. The third kappa shape index (κ3) is 3.21. The second-order valence-electron chi connectivity index (χ2n) is 6.56. The largest absolute Gasteiger partial charge is 0.293 e. The van der Waals surface area contributed by atoms with E-state index in [1.165, 1.54) is 16.0 Å². The molecule has 0 aliphatic rings. The van der Waals surface area contributed by atoms with E-state index in [1.54, 1.807) is 11.8 Å². The quantitative estimate of drug-likeness (QED) is 0.341. The van der Waals surface area contributed by atoms with Crippen LogP contribution in [-0.4, -0.2) is 9.38 Å². The number of nitrogens with zero attached hydrogens (tertiary/aromatic N) is 2. The van der Waals surface area contributed by atoms with Crippen LogP contribution in [-0.2, 0) is 0 Å². The number of imidazole rings is 1.